The van der Waals surface area contributed by atoms with Crippen molar-refractivity contribution < 1.29 is 9.59 Å². The Labute approximate surface area is 128 Å². The molecule has 1 aliphatic heterocycles. The van der Waals surface area contributed by atoms with Crippen molar-refractivity contribution in [3.8, 4) is 0 Å². The Bertz CT molecular complexity index is 404. The maximum Gasteiger partial charge on any atom is 0.246 e. The SMILES string of the molecule is CCC(C)N1C(=O)C(C2CCCCC2)NC(=O)C1(C)CC. The van der Waals surface area contributed by atoms with Crippen LogP contribution in [-0.2, 0) is 9.59 Å². The highest BCUT2D eigenvalue weighted by atomic mass is 16.2. The van der Waals surface area contributed by atoms with Gasteiger partial charge in [-0.15, -0.1) is 0 Å². The highest BCUT2D eigenvalue weighted by Gasteiger charge is 2.51. The average Bonchev–Trinajstić information content (AvgIpc) is 2.51. The normalized spacial score (nSPS) is 33.0. The first-order valence-electron chi connectivity index (χ1n) is 8.59. The van der Waals surface area contributed by atoms with Crippen LogP contribution in [0.15, 0.2) is 0 Å². The van der Waals surface area contributed by atoms with Crippen molar-refractivity contribution in [3.63, 3.8) is 0 Å². The highest BCUT2D eigenvalue weighted by Crippen LogP contribution is 2.34. The standard InChI is InChI=1S/C17H30N2O2/c1-5-12(3)19-15(20)14(13-10-8-7-9-11-13)18-16(21)17(19,4)6-2/h12-14H,5-11H2,1-4H3,(H,18,21). The third-order valence-corrected chi connectivity index (χ3v) is 5.65. The monoisotopic (exact) mass is 294 g/mol. The molecule has 1 saturated carbocycles. The molecule has 0 radical (unpaired) electrons. The summed E-state index contributed by atoms with van der Waals surface area (Å²) in [6.07, 6.45) is 7.28. The van der Waals surface area contributed by atoms with Crippen LogP contribution < -0.4 is 5.32 Å². The molecule has 3 unspecified atom stereocenters. The molecule has 2 rings (SSSR count). The summed E-state index contributed by atoms with van der Waals surface area (Å²) in [7, 11) is 0. The first kappa shape index (κ1) is 16.3. The third-order valence-electron chi connectivity index (χ3n) is 5.65. The van der Waals surface area contributed by atoms with Crippen molar-refractivity contribution in [1.82, 2.24) is 10.2 Å². The molecule has 1 heterocycles. The molecule has 3 atom stereocenters. The van der Waals surface area contributed by atoms with Gasteiger partial charge < -0.3 is 10.2 Å². The van der Waals surface area contributed by atoms with Gasteiger partial charge in [0.2, 0.25) is 11.8 Å². The molecule has 120 valence electrons. The molecule has 1 aliphatic carbocycles. The Morgan fingerprint density at radius 2 is 1.86 bits per heavy atom. The largest absolute Gasteiger partial charge is 0.342 e. The number of amides is 2. The van der Waals surface area contributed by atoms with Crippen molar-refractivity contribution in [2.45, 2.75) is 90.3 Å². The molecular weight excluding hydrogens is 264 g/mol. The van der Waals surface area contributed by atoms with Crippen molar-refractivity contribution >= 4 is 11.8 Å². The van der Waals surface area contributed by atoms with Gasteiger partial charge in [-0.25, -0.2) is 0 Å². The minimum absolute atomic E-state index is 0.0282. The molecule has 0 aromatic rings. The van der Waals surface area contributed by atoms with E-state index in [9.17, 15) is 9.59 Å². The zero-order valence-corrected chi connectivity index (χ0v) is 13.9. The number of hydrogen-bond acceptors (Lipinski definition) is 2. The lowest BCUT2D eigenvalue weighted by molar-refractivity contribution is -0.162. The van der Waals surface area contributed by atoms with Crippen LogP contribution >= 0.6 is 0 Å². The number of rotatable bonds is 4. The van der Waals surface area contributed by atoms with Crippen molar-refractivity contribution in [3.05, 3.63) is 0 Å². The number of nitrogens with one attached hydrogen (secondary N) is 1. The summed E-state index contributed by atoms with van der Waals surface area (Å²) >= 11 is 0. The summed E-state index contributed by atoms with van der Waals surface area (Å²) in [5.41, 5.74) is -0.697. The minimum atomic E-state index is -0.697. The van der Waals surface area contributed by atoms with Gasteiger partial charge in [0.05, 0.1) is 0 Å². The minimum Gasteiger partial charge on any atom is -0.342 e. The highest BCUT2D eigenvalue weighted by molar-refractivity contribution is 5.99. The topological polar surface area (TPSA) is 49.4 Å². The van der Waals surface area contributed by atoms with Crippen LogP contribution in [0.2, 0.25) is 0 Å². The first-order chi connectivity index (χ1) is 9.95. The molecular formula is C17H30N2O2. The fourth-order valence-corrected chi connectivity index (χ4v) is 3.86. The van der Waals surface area contributed by atoms with Gasteiger partial charge in [-0.05, 0) is 45.4 Å². The van der Waals surface area contributed by atoms with E-state index in [1.165, 1.54) is 19.3 Å². The van der Waals surface area contributed by atoms with Crippen molar-refractivity contribution in [2.75, 3.05) is 0 Å². The Kier molecular flexibility index (Phi) is 4.95. The number of piperazine rings is 1. The van der Waals surface area contributed by atoms with E-state index < -0.39 is 5.54 Å². The van der Waals surface area contributed by atoms with E-state index in [0.717, 1.165) is 19.3 Å². The van der Waals surface area contributed by atoms with E-state index in [1.807, 2.05) is 18.7 Å². The van der Waals surface area contributed by atoms with Gasteiger partial charge in [-0.2, -0.15) is 0 Å². The maximum atomic E-state index is 13.1. The summed E-state index contributed by atoms with van der Waals surface area (Å²) in [6, 6.07) is -0.189. The molecule has 0 aromatic carbocycles. The van der Waals surface area contributed by atoms with Gasteiger partial charge in [0.1, 0.15) is 11.6 Å². The molecule has 0 bridgehead atoms. The molecule has 2 fully saturated rings. The van der Waals surface area contributed by atoms with Crippen LogP contribution in [-0.4, -0.2) is 34.3 Å². The Morgan fingerprint density at radius 3 is 2.38 bits per heavy atom. The van der Waals surface area contributed by atoms with Crippen LogP contribution in [0.1, 0.15) is 72.6 Å². The third kappa shape index (κ3) is 2.82. The molecule has 2 aliphatic rings. The molecule has 21 heavy (non-hydrogen) atoms. The smallest absolute Gasteiger partial charge is 0.246 e. The van der Waals surface area contributed by atoms with Gasteiger partial charge in [-0.3, -0.25) is 9.59 Å². The number of carbonyl (C=O) groups excluding carboxylic acids is 2. The van der Waals surface area contributed by atoms with Gasteiger partial charge in [0, 0.05) is 6.04 Å². The van der Waals surface area contributed by atoms with Crippen LogP contribution in [0.5, 0.6) is 0 Å². The lowest BCUT2D eigenvalue weighted by Crippen LogP contribution is -2.72. The van der Waals surface area contributed by atoms with Crippen LogP contribution in [0.4, 0.5) is 0 Å². The summed E-state index contributed by atoms with van der Waals surface area (Å²) in [5.74, 6) is 0.490. The number of nitrogens with zero attached hydrogens (tertiary/aromatic N) is 1. The van der Waals surface area contributed by atoms with E-state index in [0.29, 0.717) is 12.3 Å². The second kappa shape index (κ2) is 6.37. The van der Waals surface area contributed by atoms with E-state index in [4.69, 9.17) is 0 Å². The zero-order chi connectivity index (χ0) is 15.6. The van der Waals surface area contributed by atoms with Gasteiger partial charge in [0.25, 0.3) is 0 Å². The van der Waals surface area contributed by atoms with Crippen LogP contribution in [0, 0.1) is 5.92 Å². The summed E-state index contributed by atoms with van der Waals surface area (Å²) in [5, 5.41) is 3.06. The van der Waals surface area contributed by atoms with E-state index in [-0.39, 0.29) is 23.9 Å². The predicted octanol–water partition coefficient (Wildman–Crippen LogP) is 2.86. The molecule has 0 spiro atoms. The number of carbonyl (C=O) groups is 2. The molecule has 4 heteroatoms. The van der Waals surface area contributed by atoms with Gasteiger partial charge in [-0.1, -0.05) is 33.1 Å². The van der Waals surface area contributed by atoms with E-state index >= 15 is 0 Å². The van der Waals surface area contributed by atoms with Crippen LogP contribution in [0.3, 0.4) is 0 Å². The molecule has 2 amide bonds. The lowest BCUT2D eigenvalue weighted by atomic mass is 9.79. The number of hydrogen-bond donors (Lipinski definition) is 1. The molecule has 1 N–H and O–H groups in total. The lowest BCUT2D eigenvalue weighted by Gasteiger charge is -2.50. The average molecular weight is 294 g/mol. The fraction of sp³-hybridized carbons (Fsp3) is 0.882. The molecule has 4 nitrogen and oxygen atoms in total. The summed E-state index contributed by atoms with van der Waals surface area (Å²) < 4.78 is 0. The fourth-order valence-electron chi connectivity index (χ4n) is 3.86. The quantitative estimate of drug-likeness (QED) is 0.866. The first-order valence-corrected chi connectivity index (χ1v) is 8.59. The molecule has 1 saturated heterocycles. The Balaban J connectivity index is 2.28. The molecule has 0 aromatic heterocycles. The van der Waals surface area contributed by atoms with E-state index in [1.54, 1.807) is 0 Å². The van der Waals surface area contributed by atoms with E-state index in [2.05, 4.69) is 19.2 Å². The Hall–Kier alpha value is -1.06. The van der Waals surface area contributed by atoms with Crippen LogP contribution in [0.25, 0.3) is 0 Å². The van der Waals surface area contributed by atoms with Crippen molar-refractivity contribution in [2.24, 2.45) is 5.92 Å². The second-order valence-corrected chi connectivity index (χ2v) is 6.94. The zero-order valence-electron chi connectivity index (χ0n) is 13.9. The summed E-state index contributed by atoms with van der Waals surface area (Å²) in [6.45, 7) is 8.03. The van der Waals surface area contributed by atoms with Gasteiger partial charge >= 0.3 is 0 Å². The Morgan fingerprint density at radius 1 is 1.24 bits per heavy atom. The van der Waals surface area contributed by atoms with Gasteiger partial charge in [0.15, 0.2) is 0 Å². The summed E-state index contributed by atoms with van der Waals surface area (Å²) in [4.78, 5) is 27.6. The maximum absolute atomic E-state index is 13.1. The second-order valence-electron chi connectivity index (χ2n) is 6.94. The predicted molar refractivity (Wildman–Crippen MR) is 83.8 cm³/mol. The van der Waals surface area contributed by atoms with Crippen molar-refractivity contribution in [1.29, 1.82) is 0 Å².